The molecule has 0 atom stereocenters. The summed E-state index contributed by atoms with van der Waals surface area (Å²) in [7, 11) is -2.42. The minimum Gasteiger partial charge on any atom is -0.469 e. The predicted molar refractivity (Wildman–Crippen MR) is 65.0 cm³/mol. The van der Waals surface area contributed by atoms with E-state index >= 15 is 0 Å². The summed E-state index contributed by atoms with van der Waals surface area (Å²) >= 11 is 0. The molecule has 1 aliphatic rings. The molecule has 0 aromatic heterocycles. The predicted octanol–water partition coefficient (Wildman–Crippen LogP) is 0.695. The maximum atomic E-state index is 11.8. The van der Waals surface area contributed by atoms with Gasteiger partial charge in [-0.3, -0.25) is 4.79 Å². The summed E-state index contributed by atoms with van der Waals surface area (Å²) in [4.78, 5) is 10.9. The number of methoxy groups -OCH3 is 1. The van der Waals surface area contributed by atoms with Crippen molar-refractivity contribution in [1.29, 1.82) is 5.26 Å². The van der Waals surface area contributed by atoms with Crippen molar-refractivity contribution >= 4 is 16.0 Å². The van der Waals surface area contributed by atoms with Gasteiger partial charge in [0.15, 0.2) is 0 Å². The molecule has 1 rings (SSSR count). The van der Waals surface area contributed by atoms with Crippen LogP contribution in [0.4, 0.5) is 0 Å². The Morgan fingerprint density at radius 3 is 2.50 bits per heavy atom. The van der Waals surface area contributed by atoms with Gasteiger partial charge in [0.05, 0.1) is 25.4 Å². The topological polar surface area (TPSA) is 96.3 Å². The van der Waals surface area contributed by atoms with Crippen LogP contribution in [0.25, 0.3) is 0 Å². The highest BCUT2D eigenvalue weighted by atomic mass is 32.2. The molecule has 0 aromatic rings. The fourth-order valence-corrected chi connectivity index (χ4v) is 3.44. The fourth-order valence-electron chi connectivity index (χ4n) is 2.06. The molecule has 18 heavy (non-hydrogen) atoms. The van der Waals surface area contributed by atoms with E-state index in [1.165, 1.54) is 7.11 Å². The van der Waals surface area contributed by atoms with Crippen molar-refractivity contribution in [2.75, 3.05) is 12.9 Å². The number of esters is 1. The van der Waals surface area contributed by atoms with Crippen molar-refractivity contribution in [3.05, 3.63) is 0 Å². The quantitative estimate of drug-likeness (QED) is 0.744. The largest absolute Gasteiger partial charge is 0.469 e. The van der Waals surface area contributed by atoms with Gasteiger partial charge in [-0.05, 0) is 12.8 Å². The second-order valence-electron chi connectivity index (χ2n) is 4.50. The van der Waals surface area contributed by atoms with Crippen LogP contribution in [0, 0.1) is 11.3 Å². The van der Waals surface area contributed by atoms with Gasteiger partial charge in [-0.25, -0.2) is 8.42 Å². The van der Waals surface area contributed by atoms with Crippen LogP contribution in [0.15, 0.2) is 0 Å². The molecule has 0 bridgehead atoms. The summed E-state index contributed by atoms with van der Waals surface area (Å²) in [6.07, 6.45) is 3.56. The van der Waals surface area contributed by atoms with Crippen LogP contribution in [-0.2, 0) is 19.6 Å². The maximum absolute atomic E-state index is 11.8. The van der Waals surface area contributed by atoms with E-state index in [9.17, 15) is 13.2 Å². The standard InChI is InChI=1S/C11H18N2O4S/c1-17-10(14)5-8-18(15,16)13-11(9-12)6-3-2-4-7-11/h13H,2-8H2,1H3. The number of carbonyl (C=O) groups excluding carboxylic acids is 1. The number of ether oxygens (including phenoxy) is 1. The number of rotatable bonds is 5. The van der Waals surface area contributed by atoms with Crippen molar-refractivity contribution in [3.63, 3.8) is 0 Å². The van der Waals surface area contributed by atoms with Gasteiger partial charge in [-0.1, -0.05) is 19.3 Å². The number of nitriles is 1. The van der Waals surface area contributed by atoms with Crippen molar-refractivity contribution < 1.29 is 17.9 Å². The number of nitrogens with zero attached hydrogens (tertiary/aromatic N) is 1. The van der Waals surface area contributed by atoms with Crippen LogP contribution in [0.2, 0.25) is 0 Å². The van der Waals surface area contributed by atoms with E-state index in [1.807, 2.05) is 0 Å². The molecule has 1 saturated carbocycles. The van der Waals surface area contributed by atoms with Gasteiger partial charge in [0.1, 0.15) is 5.54 Å². The lowest BCUT2D eigenvalue weighted by atomic mass is 9.84. The van der Waals surface area contributed by atoms with E-state index < -0.39 is 21.5 Å². The van der Waals surface area contributed by atoms with Crippen LogP contribution in [0.1, 0.15) is 38.5 Å². The number of sulfonamides is 1. The summed E-state index contributed by atoms with van der Waals surface area (Å²) < 4.78 is 30.5. The van der Waals surface area contributed by atoms with E-state index in [0.717, 1.165) is 19.3 Å². The summed E-state index contributed by atoms with van der Waals surface area (Å²) in [6.45, 7) is 0. The highest BCUT2D eigenvalue weighted by Gasteiger charge is 2.36. The molecule has 1 aliphatic carbocycles. The van der Waals surface area contributed by atoms with Crippen LogP contribution in [0.3, 0.4) is 0 Å². The van der Waals surface area contributed by atoms with E-state index in [1.54, 1.807) is 0 Å². The molecular formula is C11H18N2O4S. The molecule has 0 aliphatic heterocycles. The van der Waals surface area contributed by atoms with E-state index in [-0.39, 0.29) is 12.2 Å². The van der Waals surface area contributed by atoms with Crippen LogP contribution in [0.5, 0.6) is 0 Å². The molecule has 0 radical (unpaired) electrons. The first-order chi connectivity index (χ1) is 8.43. The van der Waals surface area contributed by atoms with Crippen molar-refractivity contribution in [2.24, 2.45) is 0 Å². The first kappa shape index (κ1) is 14.9. The van der Waals surface area contributed by atoms with Crippen molar-refractivity contribution in [2.45, 2.75) is 44.1 Å². The lowest BCUT2D eigenvalue weighted by Gasteiger charge is -2.31. The Morgan fingerprint density at radius 2 is 2.00 bits per heavy atom. The van der Waals surface area contributed by atoms with Gasteiger partial charge in [0, 0.05) is 0 Å². The average molecular weight is 274 g/mol. The Kier molecular flexibility index (Phi) is 5.11. The molecule has 0 aromatic carbocycles. The van der Waals surface area contributed by atoms with Crippen molar-refractivity contribution in [3.8, 4) is 6.07 Å². The normalized spacial score (nSPS) is 18.9. The second-order valence-corrected chi connectivity index (χ2v) is 6.34. The van der Waals surface area contributed by atoms with Gasteiger partial charge in [-0.2, -0.15) is 9.98 Å². The number of nitrogens with one attached hydrogen (secondary N) is 1. The fraction of sp³-hybridized carbons (Fsp3) is 0.818. The summed E-state index contributed by atoms with van der Waals surface area (Å²) in [6, 6.07) is 2.07. The summed E-state index contributed by atoms with van der Waals surface area (Å²) in [5.41, 5.74) is -0.993. The lowest BCUT2D eigenvalue weighted by Crippen LogP contribution is -2.49. The van der Waals surface area contributed by atoms with Gasteiger partial charge >= 0.3 is 5.97 Å². The third kappa shape index (κ3) is 4.27. The Hall–Kier alpha value is -1.13. The smallest absolute Gasteiger partial charge is 0.306 e. The molecule has 0 saturated heterocycles. The van der Waals surface area contributed by atoms with E-state index in [2.05, 4.69) is 15.5 Å². The molecule has 7 heteroatoms. The Bertz CT molecular complexity index is 432. The van der Waals surface area contributed by atoms with Gasteiger partial charge in [0.2, 0.25) is 10.0 Å². The number of hydrogen-bond acceptors (Lipinski definition) is 5. The molecule has 6 nitrogen and oxygen atoms in total. The second kappa shape index (κ2) is 6.16. The van der Waals surface area contributed by atoms with Crippen LogP contribution >= 0.6 is 0 Å². The third-order valence-electron chi connectivity index (χ3n) is 3.07. The third-order valence-corrected chi connectivity index (χ3v) is 4.52. The maximum Gasteiger partial charge on any atom is 0.306 e. The molecule has 102 valence electrons. The SMILES string of the molecule is COC(=O)CCS(=O)(=O)NC1(C#N)CCCCC1. The zero-order valence-corrected chi connectivity index (χ0v) is 11.3. The number of hydrogen-bond donors (Lipinski definition) is 1. The molecule has 0 unspecified atom stereocenters. The first-order valence-electron chi connectivity index (χ1n) is 5.93. The zero-order chi connectivity index (χ0) is 13.6. The lowest BCUT2D eigenvalue weighted by molar-refractivity contribution is -0.140. The Morgan fingerprint density at radius 1 is 1.39 bits per heavy atom. The first-order valence-corrected chi connectivity index (χ1v) is 7.58. The van der Waals surface area contributed by atoms with Gasteiger partial charge < -0.3 is 4.74 Å². The zero-order valence-electron chi connectivity index (χ0n) is 10.4. The Labute approximate surface area is 107 Å². The molecular weight excluding hydrogens is 256 g/mol. The van der Waals surface area contributed by atoms with E-state index in [0.29, 0.717) is 12.8 Å². The minimum absolute atomic E-state index is 0.201. The highest BCUT2D eigenvalue weighted by Crippen LogP contribution is 2.28. The monoisotopic (exact) mass is 274 g/mol. The molecule has 1 N–H and O–H groups in total. The molecule has 0 amide bonds. The minimum atomic E-state index is -3.63. The van der Waals surface area contributed by atoms with Crippen LogP contribution < -0.4 is 4.72 Å². The van der Waals surface area contributed by atoms with Gasteiger partial charge in [-0.15, -0.1) is 0 Å². The molecule has 0 spiro atoms. The highest BCUT2D eigenvalue weighted by molar-refractivity contribution is 7.89. The molecule has 1 fully saturated rings. The summed E-state index contributed by atoms with van der Waals surface area (Å²) in [5.74, 6) is -0.918. The van der Waals surface area contributed by atoms with Crippen LogP contribution in [-0.4, -0.2) is 32.8 Å². The summed E-state index contributed by atoms with van der Waals surface area (Å²) in [5, 5.41) is 9.16. The number of carbonyl (C=O) groups is 1. The van der Waals surface area contributed by atoms with Gasteiger partial charge in [0.25, 0.3) is 0 Å². The van der Waals surface area contributed by atoms with E-state index in [4.69, 9.17) is 5.26 Å². The van der Waals surface area contributed by atoms with Crippen molar-refractivity contribution in [1.82, 2.24) is 4.72 Å². The average Bonchev–Trinajstić information content (AvgIpc) is 2.36. The Balaban J connectivity index is 2.63. The molecule has 0 heterocycles.